The number of rotatable bonds is 7. The number of halogens is 1. The summed E-state index contributed by atoms with van der Waals surface area (Å²) in [4.78, 5) is 0. The third-order valence-corrected chi connectivity index (χ3v) is 6.12. The van der Waals surface area contributed by atoms with Crippen LogP contribution in [0.5, 0.6) is 0 Å². The molecule has 0 bridgehead atoms. The van der Waals surface area contributed by atoms with E-state index >= 15 is 0 Å². The summed E-state index contributed by atoms with van der Waals surface area (Å²) >= 11 is 6.81. The first kappa shape index (κ1) is 21.3. The number of aromatic nitrogens is 1. The average molecular weight is 428 g/mol. The molecule has 0 amide bonds. The van der Waals surface area contributed by atoms with E-state index in [1.807, 2.05) is 12.1 Å². The van der Waals surface area contributed by atoms with Crippen molar-refractivity contribution in [3.63, 3.8) is 0 Å². The van der Waals surface area contributed by atoms with Crippen LogP contribution in [0.15, 0.2) is 103 Å². The standard InChI is InChI=1S/C28H28ClN2/c1-22-12-14-25(15-13-22)28(24-8-4-3-5-9-24,26-10-6-7-11-27(26)29)30-18-21-31-19-16-23(2)17-20-31/h3-17,19-20,30H,18,21H2,1-2H3/q+1. The lowest BCUT2D eigenvalue weighted by atomic mass is 9.76. The summed E-state index contributed by atoms with van der Waals surface area (Å²) in [7, 11) is 0. The van der Waals surface area contributed by atoms with E-state index in [4.69, 9.17) is 11.6 Å². The maximum Gasteiger partial charge on any atom is 0.169 e. The molecule has 0 spiro atoms. The van der Waals surface area contributed by atoms with E-state index in [-0.39, 0.29) is 0 Å². The first-order chi connectivity index (χ1) is 15.1. The topological polar surface area (TPSA) is 15.9 Å². The number of aryl methyl sites for hydroxylation is 2. The molecule has 3 aromatic carbocycles. The molecule has 0 aliphatic carbocycles. The van der Waals surface area contributed by atoms with Crippen LogP contribution >= 0.6 is 11.6 Å². The lowest BCUT2D eigenvalue weighted by molar-refractivity contribution is -0.695. The van der Waals surface area contributed by atoms with Gasteiger partial charge in [-0.05, 0) is 42.2 Å². The number of nitrogens with one attached hydrogen (secondary N) is 1. The molecule has 31 heavy (non-hydrogen) atoms. The highest BCUT2D eigenvalue weighted by atomic mass is 35.5. The fraction of sp³-hybridized carbons (Fsp3) is 0.179. The number of hydrogen-bond acceptors (Lipinski definition) is 1. The van der Waals surface area contributed by atoms with Gasteiger partial charge in [0.05, 0.1) is 12.1 Å². The maximum atomic E-state index is 6.81. The third kappa shape index (κ3) is 4.56. The van der Waals surface area contributed by atoms with Crippen molar-refractivity contribution < 1.29 is 4.57 Å². The van der Waals surface area contributed by atoms with Crippen LogP contribution in [0.3, 0.4) is 0 Å². The summed E-state index contributed by atoms with van der Waals surface area (Å²) in [6.07, 6.45) is 4.26. The molecular formula is C28H28ClN2+. The third-order valence-electron chi connectivity index (χ3n) is 5.79. The van der Waals surface area contributed by atoms with E-state index in [0.29, 0.717) is 0 Å². The lowest BCUT2D eigenvalue weighted by Crippen LogP contribution is -2.49. The van der Waals surface area contributed by atoms with Gasteiger partial charge in [0.15, 0.2) is 18.9 Å². The monoisotopic (exact) mass is 427 g/mol. The summed E-state index contributed by atoms with van der Waals surface area (Å²) in [5.41, 5.74) is 5.34. The van der Waals surface area contributed by atoms with Gasteiger partial charge < -0.3 is 0 Å². The van der Waals surface area contributed by atoms with Gasteiger partial charge in [-0.1, -0.05) is 90.0 Å². The van der Waals surface area contributed by atoms with E-state index in [2.05, 4.69) is 115 Å². The zero-order valence-electron chi connectivity index (χ0n) is 18.1. The molecule has 0 radical (unpaired) electrons. The first-order valence-electron chi connectivity index (χ1n) is 10.7. The van der Waals surface area contributed by atoms with Crippen molar-refractivity contribution in [1.82, 2.24) is 5.32 Å². The Morgan fingerprint density at radius 1 is 0.710 bits per heavy atom. The van der Waals surface area contributed by atoms with Crippen LogP contribution in [-0.2, 0) is 12.1 Å². The number of pyridine rings is 1. The van der Waals surface area contributed by atoms with Gasteiger partial charge >= 0.3 is 0 Å². The van der Waals surface area contributed by atoms with Crippen molar-refractivity contribution in [2.45, 2.75) is 25.9 Å². The fourth-order valence-corrected chi connectivity index (χ4v) is 4.36. The minimum absolute atomic E-state index is 0.557. The number of benzene rings is 3. The zero-order valence-corrected chi connectivity index (χ0v) is 18.8. The van der Waals surface area contributed by atoms with Crippen LogP contribution < -0.4 is 9.88 Å². The van der Waals surface area contributed by atoms with E-state index in [0.717, 1.165) is 23.7 Å². The molecule has 3 heteroatoms. The maximum absolute atomic E-state index is 6.81. The highest BCUT2D eigenvalue weighted by molar-refractivity contribution is 6.31. The predicted molar refractivity (Wildman–Crippen MR) is 128 cm³/mol. The van der Waals surface area contributed by atoms with E-state index in [9.17, 15) is 0 Å². The van der Waals surface area contributed by atoms with Crippen molar-refractivity contribution >= 4 is 11.6 Å². The molecule has 0 aliphatic rings. The number of nitrogens with zero attached hydrogens (tertiary/aromatic N) is 1. The molecule has 156 valence electrons. The molecule has 1 atom stereocenters. The molecule has 1 aromatic heterocycles. The second-order valence-electron chi connectivity index (χ2n) is 8.00. The molecule has 0 saturated heterocycles. The van der Waals surface area contributed by atoms with Crippen LogP contribution in [0.2, 0.25) is 5.02 Å². The fourth-order valence-electron chi connectivity index (χ4n) is 4.09. The van der Waals surface area contributed by atoms with Crippen LogP contribution in [0.4, 0.5) is 0 Å². The second-order valence-corrected chi connectivity index (χ2v) is 8.41. The predicted octanol–water partition coefficient (Wildman–Crippen LogP) is 5.83. The molecule has 4 aromatic rings. The van der Waals surface area contributed by atoms with Gasteiger partial charge in [-0.2, -0.15) is 0 Å². The van der Waals surface area contributed by atoms with E-state index in [1.165, 1.54) is 22.3 Å². The summed E-state index contributed by atoms with van der Waals surface area (Å²) in [6, 6.07) is 31.7. The van der Waals surface area contributed by atoms with Crippen molar-refractivity contribution in [3.05, 3.63) is 136 Å². The van der Waals surface area contributed by atoms with Crippen LogP contribution in [-0.4, -0.2) is 6.54 Å². The Balaban J connectivity index is 1.82. The SMILES string of the molecule is Cc1ccc(C(NCC[n+]2ccc(C)cc2)(c2ccccc2)c2ccccc2Cl)cc1. The van der Waals surface area contributed by atoms with Gasteiger partial charge in [-0.15, -0.1) is 0 Å². The average Bonchev–Trinajstić information content (AvgIpc) is 2.80. The molecule has 0 saturated carbocycles. The van der Waals surface area contributed by atoms with E-state index in [1.54, 1.807) is 0 Å². The largest absolute Gasteiger partial charge is 0.294 e. The van der Waals surface area contributed by atoms with Gasteiger partial charge in [0, 0.05) is 17.2 Å². The molecule has 2 nitrogen and oxygen atoms in total. The van der Waals surface area contributed by atoms with Gasteiger partial charge in [0.2, 0.25) is 0 Å². The highest BCUT2D eigenvalue weighted by Crippen LogP contribution is 2.40. The van der Waals surface area contributed by atoms with E-state index < -0.39 is 5.54 Å². The van der Waals surface area contributed by atoms with Crippen LogP contribution in [0, 0.1) is 13.8 Å². The summed E-state index contributed by atoms with van der Waals surface area (Å²) < 4.78 is 2.21. The normalized spacial score (nSPS) is 13.0. The minimum Gasteiger partial charge on any atom is -0.294 e. The Morgan fingerprint density at radius 3 is 1.97 bits per heavy atom. The van der Waals surface area contributed by atoms with Gasteiger partial charge in [0.25, 0.3) is 0 Å². The Kier molecular flexibility index (Phi) is 6.50. The molecule has 0 fully saturated rings. The second kappa shape index (κ2) is 9.47. The molecule has 0 aliphatic heterocycles. The van der Waals surface area contributed by atoms with Gasteiger partial charge in [-0.3, -0.25) is 5.32 Å². The Hall–Kier alpha value is -2.94. The number of hydrogen-bond donors (Lipinski definition) is 1. The quantitative estimate of drug-likeness (QED) is 0.290. The molecule has 1 heterocycles. The van der Waals surface area contributed by atoms with Gasteiger partial charge in [0.1, 0.15) is 0 Å². The molecule has 4 rings (SSSR count). The summed E-state index contributed by atoms with van der Waals surface area (Å²) in [5.74, 6) is 0. The Labute approximate surface area is 190 Å². The smallest absolute Gasteiger partial charge is 0.169 e. The van der Waals surface area contributed by atoms with Crippen molar-refractivity contribution in [1.29, 1.82) is 0 Å². The van der Waals surface area contributed by atoms with Crippen molar-refractivity contribution in [2.24, 2.45) is 0 Å². The molecule has 1 N–H and O–H groups in total. The zero-order chi connectivity index (χ0) is 21.7. The summed E-state index contributed by atoms with van der Waals surface area (Å²) in [6.45, 7) is 5.86. The Morgan fingerprint density at radius 2 is 1.29 bits per heavy atom. The van der Waals surface area contributed by atoms with Crippen molar-refractivity contribution in [3.8, 4) is 0 Å². The van der Waals surface area contributed by atoms with Crippen LogP contribution in [0.25, 0.3) is 0 Å². The minimum atomic E-state index is -0.557. The van der Waals surface area contributed by atoms with Crippen molar-refractivity contribution in [2.75, 3.05) is 6.54 Å². The Bertz CT molecular complexity index is 1120. The molecule has 1 unspecified atom stereocenters. The van der Waals surface area contributed by atoms with Crippen LogP contribution in [0.1, 0.15) is 27.8 Å². The molecular weight excluding hydrogens is 400 g/mol. The lowest BCUT2D eigenvalue weighted by Gasteiger charge is -2.37. The van der Waals surface area contributed by atoms with Gasteiger partial charge in [-0.25, -0.2) is 4.57 Å². The summed E-state index contributed by atoms with van der Waals surface area (Å²) in [5, 5.41) is 4.65. The first-order valence-corrected chi connectivity index (χ1v) is 11.1. The highest BCUT2D eigenvalue weighted by Gasteiger charge is 2.37.